The zero-order valence-corrected chi connectivity index (χ0v) is 10.6. The summed E-state index contributed by atoms with van der Waals surface area (Å²) in [5, 5.41) is 0. The second kappa shape index (κ2) is 4.75. The first-order chi connectivity index (χ1) is 8.11. The van der Waals surface area contributed by atoms with Crippen molar-refractivity contribution in [3.05, 3.63) is 24.0 Å². The van der Waals surface area contributed by atoms with E-state index in [1.807, 2.05) is 39.1 Å². The average molecular weight is 233 g/mol. The SMILES string of the molecule is CC(C)Oc1ccc2c(c1)nc(CCN)n2C. The molecule has 0 aliphatic carbocycles. The molecule has 0 bridgehead atoms. The Balaban J connectivity index is 2.40. The quantitative estimate of drug-likeness (QED) is 0.877. The molecule has 0 saturated carbocycles. The number of rotatable bonds is 4. The fourth-order valence-electron chi connectivity index (χ4n) is 1.93. The molecule has 0 aliphatic heterocycles. The number of imidazole rings is 1. The average Bonchev–Trinajstić information content (AvgIpc) is 2.55. The van der Waals surface area contributed by atoms with Gasteiger partial charge >= 0.3 is 0 Å². The highest BCUT2D eigenvalue weighted by atomic mass is 16.5. The summed E-state index contributed by atoms with van der Waals surface area (Å²) in [5.74, 6) is 1.88. The van der Waals surface area contributed by atoms with E-state index in [0.717, 1.165) is 29.0 Å². The first-order valence-electron chi connectivity index (χ1n) is 5.94. The fraction of sp³-hybridized carbons (Fsp3) is 0.462. The van der Waals surface area contributed by atoms with Crippen molar-refractivity contribution in [3.63, 3.8) is 0 Å². The Bertz CT molecular complexity index is 517. The van der Waals surface area contributed by atoms with Crippen LogP contribution < -0.4 is 10.5 Å². The maximum absolute atomic E-state index is 5.66. The first-order valence-corrected chi connectivity index (χ1v) is 5.94. The Hall–Kier alpha value is -1.55. The molecule has 0 unspecified atom stereocenters. The molecule has 0 fully saturated rings. The highest BCUT2D eigenvalue weighted by Gasteiger charge is 2.08. The third-order valence-corrected chi connectivity index (χ3v) is 2.68. The van der Waals surface area contributed by atoms with Crippen LogP contribution in [0.4, 0.5) is 0 Å². The van der Waals surface area contributed by atoms with Gasteiger partial charge in [-0.1, -0.05) is 0 Å². The van der Waals surface area contributed by atoms with E-state index >= 15 is 0 Å². The largest absolute Gasteiger partial charge is 0.491 e. The molecule has 0 spiro atoms. The summed E-state index contributed by atoms with van der Waals surface area (Å²) in [6.45, 7) is 4.65. The van der Waals surface area contributed by atoms with Crippen LogP contribution in [0.3, 0.4) is 0 Å². The Labute approximate surface area is 101 Å². The molecule has 1 aromatic carbocycles. The van der Waals surface area contributed by atoms with Crippen LogP contribution in [-0.4, -0.2) is 22.2 Å². The van der Waals surface area contributed by atoms with E-state index in [-0.39, 0.29) is 6.10 Å². The van der Waals surface area contributed by atoms with E-state index in [1.54, 1.807) is 0 Å². The summed E-state index contributed by atoms with van der Waals surface area (Å²) in [5.41, 5.74) is 7.65. The number of nitrogens with two attached hydrogens (primary N) is 1. The van der Waals surface area contributed by atoms with Crippen molar-refractivity contribution < 1.29 is 4.74 Å². The van der Waals surface area contributed by atoms with E-state index in [0.29, 0.717) is 6.54 Å². The predicted molar refractivity (Wildman–Crippen MR) is 69.2 cm³/mol. The number of hydrogen-bond acceptors (Lipinski definition) is 3. The highest BCUT2D eigenvalue weighted by Crippen LogP contribution is 2.22. The molecule has 2 rings (SSSR count). The van der Waals surface area contributed by atoms with Crippen LogP contribution in [0, 0.1) is 0 Å². The fourth-order valence-corrected chi connectivity index (χ4v) is 1.93. The van der Waals surface area contributed by atoms with Crippen LogP contribution >= 0.6 is 0 Å². The second-order valence-corrected chi connectivity index (χ2v) is 4.44. The van der Waals surface area contributed by atoms with Gasteiger partial charge in [0.2, 0.25) is 0 Å². The van der Waals surface area contributed by atoms with Gasteiger partial charge in [0.25, 0.3) is 0 Å². The summed E-state index contributed by atoms with van der Waals surface area (Å²) in [4.78, 5) is 4.57. The minimum Gasteiger partial charge on any atom is -0.491 e. The van der Waals surface area contributed by atoms with E-state index in [1.165, 1.54) is 0 Å². The minimum atomic E-state index is 0.180. The summed E-state index contributed by atoms with van der Waals surface area (Å²) < 4.78 is 7.74. The highest BCUT2D eigenvalue weighted by molar-refractivity contribution is 5.77. The first kappa shape index (κ1) is 11.9. The molecule has 2 aromatic rings. The van der Waals surface area contributed by atoms with Crippen LogP contribution in [-0.2, 0) is 13.5 Å². The third kappa shape index (κ3) is 2.42. The molecule has 0 radical (unpaired) electrons. The molecular formula is C13H19N3O. The van der Waals surface area contributed by atoms with E-state index < -0.39 is 0 Å². The van der Waals surface area contributed by atoms with Crippen molar-refractivity contribution in [3.8, 4) is 5.75 Å². The van der Waals surface area contributed by atoms with Gasteiger partial charge in [-0.3, -0.25) is 0 Å². The molecule has 0 atom stereocenters. The van der Waals surface area contributed by atoms with Gasteiger partial charge in [0.05, 0.1) is 17.1 Å². The topological polar surface area (TPSA) is 53.1 Å². The lowest BCUT2D eigenvalue weighted by atomic mass is 10.3. The number of nitrogens with zero attached hydrogens (tertiary/aromatic N) is 2. The van der Waals surface area contributed by atoms with E-state index in [2.05, 4.69) is 9.55 Å². The third-order valence-electron chi connectivity index (χ3n) is 2.68. The maximum Gasteiger partial charge on any atom is 0.121 e. The normalized spacial score (nSPS) is 11.4. The molecule has 0 aliphatic rings. The van der Waals surface area contributed by atoms with Gasteiger partial charge in [-0.25, -0.2) is 4.98 Å². The Kier molecular flexibility index (Phi) is 3.33. The van der Waals surface area contributed by atoms with Crippen LogP contribution in [0.25, 0.3) is 11.0 Å². The van der Waals surface area contributed by atoms with E-state index in [4.69, 9.17) is 10.5 Å². The van der Waals surface area contributed by atoms with Crippen LogP contribution in [0.5, 0.6) is 5.75 Å². The van der Waals surface area contributed by atoms with Gasteiger partial charge in [-0.15, -0.1) is 0 Å². The number of ether oxygens (including phenoxy) is 1. The molecule has 1 heterocycles. The minimum absolute atomic E-state index is 0.180. The standard InChI is InChI=1S/C13H19N3O/c1-9(2)17-10-4-5-12-11(8-10)15-13(6-7-14)16(12)3/h4-5,8-9H,6-7,14H2,1-3H3. The smallest absolute Gasteiger partial charge is 0.121 e. The lowest BCUT2D eigenvalue weighted by Gasteiger charge is -2.09. The number of hydrogen-bond donors (Lipinski definition) is 1. The van der Waals surface area contributed by atoms with Crippen LogP contribution in [0.15, 0.2) is 18.2 Å². The van der Waals surface area contributed by atoms with Crippen molar-refractivity contribution in [1.82, 2.24) is 9.55 Å². The predicted octanol–water partition coefficient (Wildman–Crippen LogP) is 1.86. The van der Waals surface area contributed by atoms with Crippen molar-refractivity contribution in [2.75, 3.05) is 6.54 Å². The molecule has 4 heteroatoms. The summed E-state index contributed by atoms with van der Waals surface area (Å²) in [6, 6.07) is 6.01. The molecule has 0 amide bonds. The van der Waals surface area contributed by atoms with Gasteiger partial charge in [0, 0.05) is 19.5 Å². The summed E-state index contributed by atoms with van der Waals surface area (Å²) >= 11 is 0. The number of benzene rings is 1. The van der Waals surface area contributed by atoms with Crippen molar-refractivity contribution in [2.45, 2.75) is 26.4 Å². The monoisotopic (exact) mass is 233 g/mol. The molecule has 17 heavy (non-hydrogen) atoms. The second-order valence-electron chi connectivity index (χ2n) is 4.44. The Morgan fingerprint density at radius 1 is 1.41 bits per heavy atom. The number of fused-ring (bicyclic) bond motifs is 1. The molecular weight excluding hydrogens is 214 g/mol. The number of aryl methyl sites for hydroxylation is 1. The lowest BCUT2D eigenvalue weighted by molar-refractivity contribution is 0.242. The Morgan fingerprint density at radius 2 is 2.18 bits per heavy atom. The zero-order valence-electron chi connectivity index (χ0n) is 10.6. The van der Waals surface area contributed by atoms with Gasteiger partial charge < -0.3 is 15.0 Å². The molecule has 92 valence electrons. The van der Waals surface area contributed by atoms with Crippen LogP contribution in [0.1, 0.15) is 19.7 Å². The molecule has 4 nitrogen and oxygen atoms in total. The summed E-state index contributed by atoms with van der Waals surface area (Å²) in [7, 11) is 2.02. The van der Waals surface area contributed by atoms with Gasteiger partial charge in [-0.05, 0) is 32.5 Å². The maximum atomic E-state index is 5.66. The lowest BCUT2D eigenvalue weighted by Crippen LogP contribution is -2.07. The zero-order chi connectivity index (χ0) is 12.4. The van der Waals surface area contributed by atoms with Gasteiger partial charge in [-0.2, -0.15) is 0 Å². The molecule has 2 N–H and O–H groups in total. The Morgan fingerprint density at radius 3 is 2.82 bits per heavy atom. The molecule has 1 aromatic heterocycles. The van der Waals surface area contributed by atoms with Crippen molar-refractivity contribution >= 4 is 11.0 Å². The van der Waals surface area contributed by atoms with Gasteiger partial charge in [0.1, 0.15) is 11.6 Å². The van der Waals surface area contributed by atoms with Gasteiger partial charge in [0.15, 0.2) is 0 Å². The summed E-state index contributed by atoms with van der Waals surface area (Å²) in [6.07, 6.45) is 0.977. The molecule has 0 saturated heterocycles. The van der Waals surface area contributed by atoms with Crippen molar-refractivity contribution in [2.24, 2.45) is 12.8 Å². The van der Waals surface area contributed by atoms with Crippen molar-refractivity contribution in [1.29, 1.82) is 0 Å². The van der Waals surface area contributed by atoms with Crippen LogP contribution in [0.2, 0.25) is 0 Å². The van der Waals surface area contributed by atoms with E-state index in [9.17, 15) is 0 Å². The number of aromatic nitrogens is 2.